The Bertz CT molecular complexity index is 1840. The first-order valence-corrected chi connectivity index (χ1v) is 15.2. The third-order valence-electron chi connectivity index (χ3n) is 7.14. The van der Waals surface area contributed by atoms with E-state index in [9.17, 15) is 37.5 Å². The fourth-order valence-electron chi connectivity index (χ4n) is 5.28. The van der Waals surface area contributed by atoms with Crippen LogP contribution in [-0.2, 0) is 27.1 Å². The molecule has 0 radical (unpaired) electrons. The van der Waals surface area contributed by atoms with Gasteiger partial charge in [-0.3, -0.25) is 23.7 Å². The topological polar surface area (TPSA) is 109 Å². The van der Waals surface area contributed by atoms with Gasteiger partial charge in [0.2, 0.25) is 17.7 Å². The molecule has 0 bridgehead atoms. The van der Waals surface area contributed by atoms with Crippen molar-refractivity contribution in [1.82, 2.24) is 4.57 Å². The molecule has 3 atom stereocenters. The third kappa shape index (κ3) is 5.38. The van der Waals surface area contributed by atoms with Crippen LogP contribution in [0.3, 0.4) is 0 Å². The lowest BCUT2D eigenvalue weighted by Crippen LogP contribution is -2.33. The highest BCUT2D eigenvalue weighted by Crippen LogP contribution is 2.54. The van der Waals surface area contributed by atoms with Crippen LogP contribution in [0.4, 0.5) is 24.5 Å². The summed E-state index contributed by atoms with van der Waals surface area (Å²) in [6.45, 7) is -0.388. The van der Waals surface area contributed by atoms with E-state index in [1.165, 1.54) is 34.9 Å². The van der Waals surface area contributed by atoms with E-state index in [0.717, 1.165) is 46.2 Å². The van der Waals surface area contributed by atoms with Crippen molar-refractivity contribution in [2.45, 2.75) is 28.9 Å². The fraction of sp³-hybridized carbons (Fsp3) is 0.172. The first kappa shape index (κ1) is 29.2. The second-order valence-electron chi connectivity index (χ2n) is 9.88. The van der Waals surface area contributed by atoms with Gasteiger partial charge in [0.15, 0.2) is 0 Å². The molecule has 1 aromatic heterocycles. The van der Waals surface area contributed by atoms with Crippen LogP contribution in [0.2, 0.25) is 0 Å². The molecule has 0 spiro atoms. The molecule has 8 nitrogen and oxygen atoms in total. The number of aromatic nitrogens is 1. The Kier molecular flexibility index (Phi) is 7.47. The van der Waals surface area contributed by atoms with Gasteiger partial charge < -0.3 is 10.4 Å². The van der Waals surface area contributed by atoms with Crippen molar-refractivity contribution >= 4 is 68.1 Å². The van der Waals surface area contributed by atoms with Gasteiger partial charge in [-0.05, 0) is 60.2 Å². The molecule has 2 N–H and O–H groups in total. The zero-order valence-corrected chi connectivity index (χ0v) is 24.9. The quantitative estimate of drug-likeness (QED) is 0.202. The number of halogens is 4. The van der Waals surface area contributed by atoms with Gasteiger partial charge in [-0.25, -0.2) is 4.90 Å². The highest BCUT2D eigenvalue weighted by molar-refractivity contribution is 9.10. The van der Waals surface area contributed by atoms with Crippen LogP contribution in [0, 0.1) is 5.92 Å². The van der Waals surface area contributed by atoms with Gasteiger partial charge in [0.25, 0.3) is 0 Å². The number of thiazole rings is 1. The molecule has 1 fully saturated rings. The molecule has 0 unspecified atom stereocenters. The lowest BCUT2D eigenvalue weighted by Gasteiger charge is -2.30. The minimum atomic E-state index is -4.68. The predicted octanol–water partition coefficient (Wildman–Crippen LogP) is 5.83. The van der Waals surface area contributed by atoms with Crippen LogP contribution in [0.5, 0.6) is 5.75 Å². The molecule has 3 heterocycles. The lowest BCUT2D eigenvalue weighted by atomic mass is 9.83. The van der Waals surface area contributed by atoms with E-state index in [4.69, 9.17) is 0 Å². The second-order valence-corrected chi connectivity index (χ2v) is 12.9. The number of nitrogens with one attached hydrogen (secondary N) is 1. The number of thioether (sulfide) groups is 1. The Morgan fingerprint density at radius 1 is 0.977 bits per heavy atom. The van der Waals surface area contributed by atoms with Crippen LogP contribution in [0.15, 0.2) is 87.1 Å². The Balaban J connectivity index is 1.41. The first-order chi connectivity index (χ1) is 20.4. The number of phenolic OH excluding ortho intramolecular Hbond substituents is 1. The number of aromatic hydroxyl groups is 1. The van der Waals surface area contributed by atoms with E-state index >= 15 is 0 Å². The third-order valence-corrected chi connectivity index (χ3v) is 10.2. The van der Waals surface area contributed by atoms with Crippen LogP contribution >= 0.6 is 39.0 Å². The van der Waals surface area contributed by atoms with Gasteiger partial charge in [-0.15, -0.1) is 0 Å². The number of amides is 3. The standard InChI is InChI=1S/C29H19BrF3N3O5S2/c30-16-5-1-3-14(11-16)21-22-23(26(40)36(25(22)39)18-6-2-4-15(12-18)29(31,32)33)42-27-24(21)43-28(41)35(27)13-20(38)34-17-7-9-19(37)10-8-17/h1-12,21-23,37H,13H2,(H,34,38)/t21-,22-,23+/m0/s1. The molecular weight excluding hydrogens is 671 g/mol. The number of hydrogen-bond acceptors (Lipinski definition) is 7. The second kappa shape index (κ2) is 11.0. The summed E-state index contributed by atoms with van der Waals surface area (Å²) >= 11 is 5.25. The molecular formula is C29H19BrF3N3O5S2. The number of fused-ring (bicyclic) bond motifs is 2. The molecule has 43 heavy (non-hydrogen) atoms. The van der Waals surface area contributed by atoms with Gasteiger partial charge in [0, 0.05) is 21.0 Å². The number of carbonyl (C=O) groups excluding carboxylic acids is 3. The summed E-state index contributed by atoms with van der Waals surface area (Å²) in [5.41, 5.74) is -0.168. The van der Waals surface area contributed by atoms with Crippen molar-refractivity contribution in [1.29, 1.82) is 0 Å². The van der Waals surface area contributed by atoms with E-state index in [1.807, 2.05) is 0 Å². The van der Waals surface area contributed by atoms with Gasteiger partial charge in [-0.2, -0.15) is 13.2 Å². The van der Waals surface area contributed by atoms with Crippen molar-refractivity contribution < 1.29 is 32.7 Å². The number of imide groups is 1. The van der Waals surface area contributed by atoms with Crippen molar-refractivity contribution in [3.63, 3.8) is 0 Å². The van der Waals surface area contributed by atoms with Gasteiger partial charge in [0.1, 0.15) is 17.5 Å². The predicted molar refractivity (Wildman–Crippen MR) is 158 cm³/mol. The SMILES string of the molecule is O=C(Cn1c2c(sc1=O)[C@@H](c1cccc(Br)c1)[C@@H]1C(=O)N(c3cccc(C(F)(F)F)c3)C(=O)[C@@H]1S2)Nc1ccc(O)cc1. The first-order valence-electron chi connectivity index (χ1n) is 12.7. The van der Waals surface area contributed by atoms with Crippen LogP contribution in [-0.4, -0.2) is 32.6 Å². The van der Waals surface area contributed by atoms with Crippen molar-refractivity contribution in [3.05, 3.63) is 103 Å². The van der Waals surface area contributed by atoms with Crippen LogP contribution in [0.1, 0.15) is 21.9 Å². The molecule has 0 saturated carbocycles. The summed E-state index contributed by atoms with van der Waals surface area (Å²) in [4.78, 5) is 54.7. The average Bonchev–Trinajstić information content (AvgIpc) is 3.40. The number of nitrogens with zero attached hydrogens (tertiary/aromatic N) is 2. The minimum Gasteiger partial charge on any atom is -0.508 e. The molecule has 2 aliphatic rings. The van der Waals surface area contributed by atoms with Crippen molar-refractivity contribution in [2.75, 3.05) is 10.2 Å². The van der Waals surface area contributed by atoms with Gasteiger partial charge in [-0.1, -0.05) is 57.2 Å². The summed E-state index contributed by atoms with van der Waals surface area (Å²) in [5, 5.41) is 11.4. The van der Waals surface area contributed by atoms with E-state index in [1.54, 1.807) is 24.3 Å². The van der Waals surface area contributed by atoms with Gasteiger partial charge >= 0.3 is 11.0 Å². The van der Waals surface area contributed by atoms with E-state index in [0.29, 0.717) is 25.6 Å². The molecule has 1 saturated heterocycles. The lowest BCUT2D eigenvalue weighted by molar-refractivity contribution is -0.137. The molecule has 2 aliphatic heterocycles. The number of alkyl halides is 3. The number of phenols is 1. The van der Waals surface area contributed by atoms with Crippen LogP contribution < -0.4 is 15.1 Å². The molecule has 3 aromatic carbocycles. The average molecular weight is 691 g/mol. The monoisotopic (exact) mass is 689 g/mol. The smallest absolute Gasteiger partial charge is 0.416 e. The van der Waals surface area contributed by atoms with Crippen molar-refractivity contribution in [3.8, 4) is 5.75 Å². The molecule has 0 aliphatic carbocycles. The molecule has 4 aromatic rings. The van der Waals surface area contributed by atoms with E-state index < -0.39 is 51.4 Å². The molecule has 220 valence electrons. The number of carbonyl (C=O) groups is 3. The number of rotatable bonds is 5. The summed E-state index contributed by atoms with van der Waals surface area (Å²) in [7, 11) is 0. The Morgan fingerprint density at radius 3 is 2.40 bits per heavy atom. The molecule has 6 rings (SSSR count). The Morgan fingerprint density at radius 2 is 1.70 bits per heavy atom. The Labute approximate surface area is 258 Å². The maximum Gasteiger partial charge on any atom is 0.416 e. The zero-order chi connectivity index (χ0) is 30.6. The fourth-order valence-corrected chi connectivity index (χ4v) is 8.47. The highest BCUT2D eigenvalue weighted by Gasteiger charge is 2.57. The van der Waals surface area contributed by atoms with Gasteiger partial charge in [0.05, 0.1) is 22.2 Å². The Hall–Kier alpha value is -3.88. The molecule has 3 amide bonds. The van der Waals surface area contributed by atoms with Crippen LogP contribution in [0.25, 0.3) is 0 Å². The maximum atomic E-state index is 13.9. The normalized spacial score (nSPS) is 19.7. The zero-order valence-electron chi connectivity index (χ0n) is 21.7. The van der Waals surface area contributed by atoms with Crippen molar-refractivity contribution in [2.24, 2.45) is 5.92 Å². The molecule has 14 heteroatoms. The summed E-state index contributed by atoms with van der Waals surface area (Å²) in [6, 6.07) is 16.9. The number of benzene rings is 3. The maximum absolute atomic E-state index is 13.9. The number of hydrogen-bond donors (Lipinski definition) is 2. The number of anilines is 2. The summed E-state index contributed by atoms with van der Waals surface area (Å²) < 4.78 is 42.4. The van der Waals surface area contributed by atoms with E-state index in [-0.39, 0.29) is 18.0 Å². The minimum absolute atomic E-state index is 0.0145. The summed E-state index contributed by atoms with van der Waals surface area (Å²) in [6.07, 6.45) is -4.68. The highest BCUT2D eigenvalue weighted by atomic mass is 79.9. The van der Waals surface area contributed by atoms with E-state index in [2.05, 4.69) is 21.2 Å². The summed E-state index contributed by atoms with van der Waals surface area (Å²) in [5.74, 6) is -3.68. The largest absolute Gasteiger partial charge is 0.508 e.